The zero-order valence-corrected chi connectivity index (χ0v) is 9.81. The Morgan fingerprint density at radius 2 is 2.12 bits per heavy atom. The second-order valence-corrected chi connectivity index (χ2v) is 6.11. The van der Waals surface area contributed by atoms with Crippen LogP contribution >= 0.6 is 0 Å². The summed E-state index contributed by atoms with van der Waals surface area (Å²) in [6.07, 6.45) is 0.0337. The molecule has 92 valence electrons. The monoisotopic (exact) mass is 256 g/mol. The molecule has 0 aromatic heterocycles. The minimum Gasteiger partial charge on any atom is -0.489 e. The number of rotatable bonds is 4. The number of carbonyl (C=O) groups is 1. The van der Waals surface area contributed by atoms with Crippen LogP contribution in [0.1, 0.15) is 5.56 Å². The van der Waals surface area contributed by atoms with Crippen LogP contribution in [0.15, 0.2) is 24.3 Å². The van der Waals surface area contributed by atoms with E-state index in [4.69, 9.17) is 9.84 Å². The molecule has 5 nitrogen and oxygen atoms in total. The molecule has 0 bridgehead atoms. The predicted molar refractivity (Wildman–Crippen MR) is 60.9 cm³/mol. The van der Waals surface area contributed by atoms with Crippen molar-refractivity contribution in [3.8, 4) is 5.75 Å². The van der Waals surface area contributed by atoms with Gasteiger partial charge >= 0.3 is 5.97 Å². The van der Waals surface area contributed by atoms with Gasteiger partial charge in [-0.3, -0.25) is 4.79 Å². The quantitative estimate of drug-likeness (QED) is 0.848. The van der Waals surface area contributed by atoms with Crippen LogP contribution in [0, 0.1) is 0 Å². The molecular weight excluding hydrogens is 244 g/mol. The van der Waals surface area contributed by atoms with E-state index >= 15 is 0 Å². The molecule has 0 fully saturated rings. The summed E-state index contributed by atoms with van der Waals surface area (Å²) in [4.78, 5) is 10.4. The fourth-order valence-corrected chi connectivity index (χ4v) is 3.12. The number of carboxylic acid groups (broad SMARTS) is 1. The molecule has 0 saturated carbocycles. The highest BCUT2D eigenvalue weighted by Gasteiger charge is 2.28. The summed E-state index contributed by atoms with van der Waals surface area (Å²) in [7, 11) is -3.61. The average Bonchev–Trinajstić information content (AvgIpc) is 2.55. The van der Waals surface area contributed by atoms with Gasteiger partial charge < -0.3 is 9.84 Å². The molecule has 1 aliphatic heterocycles. The first-order chi connectivity index (χ1) is 7.96. The van der Waals surface area contributed by atoms with Crippen molar-refractivity contribution in [3.05, 3.63) is 29.8 Å². The van der Waals surface area contributed by atoms with E-state index in [0.717, 1.165) is 5.56 Å². The number of hydrogen-bond donors (Lipinski definition) is 1. The molecule has 6 heteroatoms. The van der Waals surface area contributed by atoms with Gasteiger partial charge in [0.1, 0.15) is 17.6 Å². The number of aliphatic carboxylic acids is 1. The molecule has 0 radical (unpaired) electrons. The van der Waals surface area contributed by atoms with Crippen molar-refractivity contribution in [2.24, 2.45) is 0 Å². The highest BCUT2D eigenvalue weighted by molar-refractivity contribution is 7.92. The second kappa shape index (κ2) is 4.37. The first-order valence-electron chi connectivity index (χ1n) is 5.13. The van der Waals surface area contributed by atoms with E-state index in [2.05, 4.69) is 0 Å². The summed E-state index contributed by atoms with van der Waals surface area (Å²) in [5.74, 6) is -1.75. The average molecular weight is 256 g/mol. The van der Waals surface area contributed by atoms with E-state index in [9.17, 15) is 13.2 Å². The molecule has 0 amide bonds. The lowest BCUT2D eigenvalue weighted by Gasteiger charge is -2.09. The van der Waals surface area contributed by atoms with Crippen molar-refractivity contribution < 1.29 is 23.1 Å². The predicted octanol–water partition coefficient (Wildman–Crippen LogP) is 0.490. The molecule has 1 aromatic rings. The first kappa shape index (κ1) is 11.9. The van der Waals surface area contributed by atoms with E-state index in [1.54, 1.807) is 6.07 Å². The van der Waals surface area contributed by atoms with Gasteiger partial charge in [-0.2, -0.15) is 0 Å². The fraction of sp³-hybridized carbons (Fsp3) is 0.364. The molecule has 1 unspecified atom stereocenters. The maximum absolute atomic E-state index is 11.5. The minimum atomic E-state index is -3.61. The molecule has 1 aromatic carbocycles. The Balaban J connectivity index is 2.03. The number of fused-ring (bicyclic) bond motifs is 1. The van der Waals surface area contributed by atoms with Crippen LogP contribution in [0.5, 0.6) is 5.75 Å². The molecule has 0 saturated heterocycles. The van der Waals surface area contributed by atoms with Crippen molar-refractivity contribution in [1.82, 2.24) is 0 Å². The molecule has 1 aliphatic rings. The van der Waals surface area contributed by atoms with Gasteiger partial charge in [-0.15, -0.1) is 0 Å². The Bertz CT molecular complexity index is 510. The van der Waals surface area contributed by atoms with Crippen LogP contribution in [-0.4, -0.2) is 37.1 Å². The molecule has 1 heterocycles. The maximum atomic E-state index is 11.5. The Morgan fingerprint density at radius 1 is 1.41 bits per heavy atom. The third-order valence-electron chi connectivity index (χ3n) is 2.50. The highest BCUT2D eigenvalue weighted by atomic mass is 32.2. The van der Waals surface area contributed by atoms with Crippen molar-refractivity contribution in [3.63, 3.8) is 0 Å². The Morgan fingerprint density at radius 3 is 2.76 bits per heavy atom. The normalized spacial score (nSPS) is 18.5. The molecular formula is C11H12O5S. The first-order valence-corrected chi connectivity index (χ1v) is 6.95. The van der Waals surface area contributed by atoms with Crippen LogP contribution in [0.25, 0.3) is 0 Å². The van der Waals surface area contributed by atoms with Gasteiger partial charge in [0.25, 0.3) is 0 Å². The lowest BCUT2D eigenvalue weighted by Crippen LogP contribution is -2.29. The minimum absolute atomic E-state index is 0.256. The zero-order valence-electron chi connectivity index (χ0n) is 9.00. The van der Waals surface area contributed by atoms with E-state index in [-0.39, 0.29) is 5.75 Å². The van der Waals surface area contributed by atoms with Crippen molar-refractivity contribution in [2.45, 2.75) is 12.5 Å². The van der Waals surface area contributed by atoms with Gasteiger partial charge in [-0.25, -0.2) is 8.42 Å². The standard InChI is InChI=1S/C11H12O5S/c12-11(13)7-17(14,15)6-9-5-8-3-1-2-4-10(8)16-9/h1-4,9H,5-7H2,(H,12,13). The molecule has 0 spiro atoms. The van der Waals surface area contributed by atoms with Gasteiger partial charge in [0, 0.05) is 6.42 Å². The Labute approximate surface area is 98.9 Å². The number of carboxylic acids is 1. The smallest absolute Gasteiger partial charge is 0.318 e. The van der Waals surface area contributed by atoms with Gasteiger partial charge in [0.15, 0.2) is 9.84 Å². The molecule has 1 N–H and O–H groups in total. The lowest BCUT2D eigenvalue weighted by atomic mass is 10.1. The summed E-state index contributed by atoms with van der Waals surface area (Å²) in [5, 5.41) is 8.48. The summed E-state index contributed by atoms with van der Waals surface area (Å²) in [5.41, 5.74) is 0.961. The summed E-state index contributed by atoms with van der Waals surface area (Å²) < 4.78 is 28.4. The van der Waals surface area contributed by atoms with Crippen LogP contribution in [0.3, 0.4) is 0 Å². The van der Waals surface area contributed by atoms with Gasteiger partial charge in [-0.05, 0) is 11.6 Å². The van der Waals surface area contributed by atoms with Gasteiger partial charge in [0.05, 0.1) is 5.75 Å². The topological polar surface area (TPSA) is 80.7 Å². The molecule has 0 aliphatic carbocycles. The maximum Gasteiger partial charge on any atom is 0.318 e. The van der Waals surface area contributed by atoms with E-state index in [0.29, 0.717) is 12.2 Å². The SMILES string of the molecule is O=C(O)CS(=O)(=O)CC1Cc2ccccc2O1. The number of hydrogen-bond acceptors (Lipinski definition) is 4. The zero-order chi connectivity index (χ0) is 12.5. The molecule has 17 heavy (non-hydrogen) atoms. The molecule has 1 atom stereocenters. The van der Waals surface area contributed by atoms with Crippen molar-refractivity contribution in [1.29, 1.82) is 0 Å². The molecule has 2 rings (SSSR count). The second-order valence-electron chi connectivity index (χ2n) is 4.00. The highest BCUT2D eigenvalue weighted by Crippen LogP contribution is 2.28. The largest absolute Gasteiger partial charge is 0.489 e. The van der Waals surface area contributed by atoms with Crippen LogP contribution in [0.2, 0.25) is 0 Å². The third-order valence-corrected chi connectivity index (χ3v) is 4.06. The Kier molecular flexibility index (Phi) is 3.06. The third kappa shape index (κ3) is 2.97. The van der Waals surface area contributed by atoms with Crippen molar-refractivity contribution in [2.75, 3.05) is 11.5 Å². The number of benzene rings is 1. The summed E-state index contributed by atoms with van der Waals surface area (Å²) in [6.45, 7) is 0. The van der Waals surface area contributed by atoms with Gasteiger partial charge in [0.2, 0.25) is 0 Å². The number of sulfone groups is 1. The van der Waals surface area contributed by atoms with Crippen LogP contribution in [-0.2, 0) is 21.1 Å². The summed E-state index contributed by atoms with van der Waals surface area (Å²) in [6, 6.07) is 7.32. The van der Waals surface area contributed by atoms with Crippen molar-refractivity contribution >= 4 is 15.8 Å². The number of ether oxygens (including phenoxy) is 1. The van der Waals surface area contributed by atoms with Gasteiger partial charge in [-0.1, -0.05) is 18.2 Å². The van der Waals surface area contributed by atoms with Crippen LogP contribution in [0.4, 0.5) is 0 Å². The van der Waals surface area contributed by atoms with Crippen LogP contribution < -0.4 is 4.74 Å². The van der Waals surface area contributed by atoms with E-state index in [1.165, 1.54) is 0 Å². The number of para-hydroxylation sites is 1. The Hall–Kier alpha value is -1.56. The van der Waals surface area contributed by atoms with E-state index < -0.39 is 27.7 Å². The summed E-state index contributed by atoms with van der Waals surface area (Å²) >= 11 is 0. The fourth-order valence-electron chi connectivity index (χ4n) is 1.88. The lowest BCUT2D eigenvalue weighted by molar-refractivity contribution is -0.134. The van der Waals surface area contributed by atoms with E-state index in [1.807, 2.05) is 18.2 Å².